The predicted octanol–water partition coefficient (Wildman–Crippen LogP) is 1.84. The van der Waals surface area contributed by atoms with Crippen molar-refractivity contribution >= 4 is 6.29 Å². The number of carbonyl (C=O) groups excluding carboxylic acids is 1. The van der Waals surface area contributed by atoms with Crippen LogP contribution in [0.4, 0.5) is 4.39 Å². The lowest BCUT2D eigenvalue weighted by Crippen LogP contribution is -1.72. The third-order valence-corrected chi connectivity index (χ3v) is 0.741. The summed E-state index contributed by atoms with van der Waals surface area (Å²) in [5.74, 6) is -0.660. The zero-order valence-electron chi connectivity index (χ0n) is 4.86. The molecule has 0 rings (SSSR count). The Labute approximate surface area is 48.2 Å². The average molecular weight is 116 g/mol. The molecule has 0 unspecified atom stereocenters. The van der Waals surface area contributed by atoms with Crippen LogP contribution in [0.25, 0.3) is 0 Å². The molecule has 0 aliphatic carbocycles. The second-order valence-electron chi connectivity index (χ2n) is 1.50. The van der Waals surface area contributed by atoms with Gasteiger partial charge in [-0.25, -0.2) is 4.39 Å². The first-order valence-corrected chi connectivity index (χ1v) is 2.62. The summed E-state index contributed by atoms with van der Waals surface area (Å²) in [6.07, 6.45) is 3.02. The van der Waals surface area contributed by atoms with Crippen molar-refractivity contribution in [1.82, 2.24) is 0 Å². The van der Waals surface area contributed by atoms with Crippen LogP contribution in [0.2, 0.25) is 0 Å². The van der Waals surface area contributed by atoms with E-state index in [1.54, 1.807) is 0 Å². The highest BCUT2D eigenvalue weighted by molar-refractivity contribution is 5.69. The van der Waals surface area contributed by atoms with E-state index in [4.69, 9.17) is 0 Å². The van der Waals surface area contributed by atoms with Crippen LogP contribution in [0.1, 0.15) is 19.8 Å². The van der Waals surface area contributed by atoms with Crippen molar-refractivity contribution in [1.29, 1.82) is 0 Å². The molecule has 46 valence electrons. The zero-order chi connectivity index (χ0) is 6.41. The van der Waals surface area contributed by atoms with Crippen LogP contribution < -0.4 is 0 Å². The van der Waals surface area contributed by atoms with Gasteiger partial charge >= 0.3 is 0 Å². The maximum absolute atomic E-state index is 11.8. The summed E-state index contributed by atoms with van der Waals surface area (Å²) in [6.45, 7) is 1.93. The molecule has 0 aliphatic heterocycles. The fraction of sp³-hybridized carbons (Fsp3) is 0.500. The molecule has 0 bridgehead atoms. The Morgan fingerprint density at radius 2 is 2.38 bits per heavy atom. The SMILES string of the molecule is CCC/C=C(/F)C=O. The third kappa shape index (κ3) is 3.53. The number of hydrogen-bond acceptors (Lipinski definition) is 1. The van der Waals surface area contributed by atoms with E-state index in [-0.39, 0.29) is 6.29 Å². The molecule has 0 saturated carbocycles. The summed E-state index contributed by atoms with van der Waals surface area (Å²) in [5, 5.41) is 0. The Balaban J connectivity index is 3.40. The van der Waals surface area contributed by atoms with Crippen LogP contribution in [-0.4, -0.2) is 6.29 Å². The lowest BCUT2D eigenvalue weighted by molar-refractivity contribution is -0.106. The number of halogens is 1. The second-order valence-corrected chi connectivity index (χ2v) is 1.50. The maximum Gasteiger partial charge on any atom is 0.178 e. The molecule has 0 radical (unpaired) electrons. The summed E-state index contributed by atoms with van der Waals surface area (Å²) >= 11 is 0. The van der Waals surface area contributed by atoms with Crippen LogP contribution in [0, 0.1) is 0 Å². The first-order valence-electron chi connectivity index (χ1n) is 2.62. The van der Waals surface area contributed by atoms with E-state index < -0.39 is 5.83 Å². The number of allylic oxidation sites excluding steroid dienone is 2. The minimum absolute atomic E-state index is 0.218. The minimum atomic E-state index is -0.660. The summed E-state index contributed by atoms with van der Waals surface area (Å²) in [6, 6.07) is 0. The van der Waals surface area contributed by atoms with Crippen molar-refractivity contribution in [2.24, 2.45) is 0 Å². The van der Waals surface area contributed by atoms with E-state index in [1.807, 2.05) is 6.92 Å². The molecule has 0 atom stereocenters. The van der Waals surface area contributed by atoms with Crippen LogP contribution in [-0.2, 0) is 4.79 Å². The molecule has 8 heavy (non-hydrogen) atoms. The van der Waals surface area contributed by atoms with Gasteiger partial charge in [0.25, 0.3) is 0 Å². The van der Waals surface area contributed by atoms with E-state index in [2.05, 4.69) is 0 Å². The normalized spacial score (nSPS) is 11.5. The first-order chi connectivity index (χ1) is 3.81. The minimum Gasteiger partial charge on any atom is -0.295 e. The smallest absolute Gasteiger partial charge is 0.178 e. The van der Waals surface area contributed by atoms with E-state index in [0.717, 1.165) is 6.42 Å². The molecular formula is C6H9FO. The van der Waals surface area contributed by atoms with Gasteiger partial charge in [-0.2, -0.15) is 0 Å². The molecule has 0 aromatic carbocycles. The predicted molar refractivity (Wildman–Crippen MR) is 30.2 cm³/mol. The van der Waals surface area contributed by atoms with Crippen molar-refractivity contribution in [3.05, 3.63) is 11.9 Å². The molecule has 0 fully saturated rings. The maximum atomic E-state index is 11.8. The molecular weight excluding hydrogens is 107 g/mol. The molecule has 0 saturated heterocycles. The topological polar surface area (TPSA) is 17.1 Å². The highest BCUT2D eigenvalue weighted by Gasteiger charge is 1.84. The van der Waals surface area contributed by atoms with E-state index in [1.165, 1.54) is 6.08 Å². The third-order valence-electron chi connectivity index (χ3n) is 0.741. The van der Waals surface area contributed by atoms with Gasteiger partial charge in [0, 0.05) is 0 Å². The van der Waals surface area contributed by atoms with Crippen molar-refractivity contribution in [3.63, 3.8) is 0 Å². The molecule has 0 aliphatic rings. The molecule has 0 aromatic rings. The number of rotatable bonds is 3. The van der Waals surface area contributed by atoms with Gasteiger partial charge in [0.15, 0.2) is 12.1 Å². The first kappa shape index (κ1) is 7.34. The summed E-state index contributed by atoms with van der Waals surface area (Å²) in [4.78, 5) is 9.57. The fourth-order valence-electron chi connectivity index (χ4n) is 0.330. The second kappa shape index (κ2) is 4.50. The monoisotopic (exact) mass is 116 g/mol. The number of unbranched alkanes of at least 4 members (excludes halogenated alkanes) is 1. The summed E-state index contributed by atoms with van der Waals surface area (Å²) in [7, 11) is 0. The summed E-state index contributed by atoms with van der Waals surface area (Å²) in [5.41, 5.74) is 0. The van der Waals surface area contributed by atoms with E-state index in [9.17, 15) is 9.18 Å². The van der Waals surface area contributed by atoms with Gasteiger partial charge in [-0.1, -0.05) is 13.3 Å². The summed E-state index contributed by atoms with van der Waals surface area (Å²) < 4.78 is 11.8. The van der Waals surface area contributed by atoms with Crippen molar-refractivity contribution in [2.45, 2.75) is 19.8 Å². The lowest BCUT2D eigenvalue weighted by atomic mass is 10.3. The van der Waals surface area contributed by atoms with Crippen molar-refractivity contribution in [2.75, 3.05) is 0 Å². The van der Waals surface area contributed by atoms with Gasteiger partial charge in [0.1, 0.15) is 0 Å². The molecule has 0 aromatic heterocycles. The number of aldehydes is 1. The van der Waals surface area contributed by atoms with Gasteiger partial charge in [0.05, 0.1) is 0 Å². The molecule has 2 heteroatoms. The Kier molecular flexibility index (Phi) is 4.13. The Morgan fingerprint density at radius 1 is 1.75 bits per heavy atom. The molecule has 0 heterocycles. The van der Waals surface area contributed by atoms with Gasteiger partial charge < -0.3 is 0 Å². The molecule has 1 nitrogen and oxygen atoms in total. The lowest BCUT2D eigenvalue weighted by Gasteiger charge is -1.80. The highest BCUT2D eigenvalue weighted by Crippen LogP contribution is 1.95. The number of hydrogen-bond donors (Lipinski definition) is 0. The highest BCUT2D eigenvalue weighted by atomic mass is 19.1. The molecule has 0 amide bonds. The van der Waals surface area contributed by atoms with Crippen LogP contribution >= 0.6 is 0 Å². The van der Waals surface area contributed by atoms with Gasteiger partial charge in [-0.3, -0.25) is 4.79 Å². The Bertz CT molecular complexity index is 96.7. The van der Waals surface area contributed by atoms with Gasteiger partial charge in [-0.05, 0) is 12.5 Å². The van der Waals surface area contributed by atoms with Gasteiger partial charge in [0.2, 0.25) is 0 Å². The van der Waals surface area contributed by atoms with Crippen LogP contribution in [0.15, 0.2) is 11.9 Å². The van der Waals surface area contributed by atoms with E-state index in [0.29, 0.717) is 6.42 Å². The van der Waals surface area contributed by atoms with Gasteiger partial charge in [-0.15, -0.1) is 0 Å². The Morgan fingerprint density at radius 3 is 2.75 bits per heavy atom. The number of carbonyl (C=O) groups is 1. The Hall–Kier alpha value is -0.660. The van der Waals surface area contributed by atoms with E-state index >= 15 is 0 Å². The molecule has 0 N–H and O–H groups in total. The van der Waals surface area contributed by atoms with Crippen LogP contribution in [0.5, 0.6) is 0 Å². The molecule has 0 spiro atoms. The standard InChI is InChI=1S/C6H9FO/c1-2-3-4-6(7)5-8/h4-5H,2-3H2,1H3/b6-4+. The fourth-order valence-corrected chi connectivity index (χ4v) is 0.330. The average Bonchev–Trinajstić information content (AvgIpc) is 1.83. The van der Waals surface area contributed by atoms with Crippen molar-refractivity contribution < 1.29 is 9.18 Å². The van der Waals surface area contributed by atoms with Crippen LogP contribution in [0.3, 0.4) is 0 Å². The zero-order valence-corrected chi connectivity index (χ0v) is 4.86. The quantitative estimate of drug-likeness (QED) is 0.406. The largest absolute Gasteiger partial charge is 0.295 e. The van der Waals surface area contributed by atoms with Crippen molar-refractivity contribution in [3.8, 4) is 0 Å².